The minimum Gasteiger partial charge on any atom is -0.383 e. The van der Waals surface area contributed by atoms with Crippen LogP contribution in [0, 0.1) is 13.8 Å². The van der Waals surface area contributed by atoms with E-state index in [9.17, 15) is 0 Å². The number of hydrogen-bond acceptors (Lipinski definition) is 3. The van der Waals surface area contributed by atoms with Crippen molar-refractivity contribution in [2.24, 2.45) is 0 Å². The van der Waals surface area contributed by atoms with E-state index in [1.54, 1.807) is 7.11 Å². The van der Waals surface area contributed by atoms with E-state index in [0.717, 1.165) is 39.1 Å². The first kappa shape index (κ1) is 14.2. The molecule has 0 bridgehead atoms. The molecule has 0 aromatic carbocycles. The topological polar surface area (TPSA) is 39.1 Å². The third kappa shape index (κ3) is 4.13. The summed E-state index contributed by atoms with van der Waals surface area (Å²) >= 11 is 0. The number of nitrogens with one attached hydrogen (secondary N) is 1. The van der Waals surface area contributed by atoms with Gasteiger partial charge < -0.3 is 10.1 Å². The Kier molecular flexibility index (Phi) is 6.22. The largest absolute Gasteiger partial charge is 0.383 e. The summed E-state index contributed by atoms with van der Waals surface area (Å²) in [6, 6.07) is 0. The fourth-order valence-corrected chi connectivity index (χ4v) is 2.12. The first-order valence-electron chi connectivity index (χ1n) is 6.43. The van der Waals surface area contributed by atoms with Crippen molar-refractivity contribution in [3.05, 3.63) is 17.0 Å². The first-order chi connectivity index (χ1) is 8.20. The Morgan fingerprint density at radius 3 is 2.65 bits per heavy atom. The van der Waals surface area contributed by atoms with Crippen LogP contribution in [0.25, 0.3) is 0 Å². The highest BCUT2D eigenvalue weighted by atomic mass is 16.5. The van der Waals surface area contributed by atoms with Crippen molar-refractivity contribution in [2.45, 2.75) is 40.2 Å². The van der Waals surface area contributed by atoms with Crippen LogP contribution in [0.5, 0.6) is 0 Å². The van der Waals surface area contributed by atoms with E-state index in [4.69, 9.17) is 4.74 Å². The fourth-order valence-electron chi connectivity index (χ4n) is 2.12. The molecule has 0 atom stereocenters. The first-order valence-corrected chi connectivity index (χ1v) is 6.43. The van der Waals surface area contributed by atoms with Gasteiger partial charge in [-0.2, -0.15) is 5.10 Å². The molecule has 0 saturated carbocycles. The van der Waals surface area contributed by atoms with E-state index in [1.807, 2.05) is 0 Å². The van der Waals surface area contributed by atoms with Gasteiger partial charge in [-0.05, 0) is 38.8 Å². The standard InChI is InChI=1S/C13H25N3O/c1-5-13-11(2)15-16(12(13)3)9-6-7-14-8-10-17-4/h14H,5-10H2,1-4H3. The zero-order valence-electron chi connectivity index (χ0n) is 11.5. The van der Waals surface area contributed by atoms with Gasteiger partial charge in [0.25, 0.3) is 0 Å². The quantitative estimate of drug-likeness (QED) is 0.702. The highest BCUT2D eigenvalue weighted by Gasteiger charge is 2.08. The molecule has 4 heteroatoms. The summed E-state index contributed by atoms with van der Waals surface area (Å²) in [6.07, 6.45) is 2.18. The van der Waals surface area contributed by atoms with Crippen molar-refractivity contribution < 1.29 is 4.74 Å². The number of hydrogen-bond donors (Lipinski definition) is 1. The van der Waals surface area contributed by atoms with Gasteiger partial charge in [0, 0.05) is 25.9 Å². The second-order valence-electron chi connectivity index (χ2n) is 4.32. The van der Waals surface area contributed by atoms with E-state index in [1.165, 1.54) is 17.0 Å². The molecule has 0 saturated heterocycles. The SMILES string of the molecule is CCc1c(C)nn(CCCNCCOC)c1C. The minimum absolute atomic E-state index is 0.778. The van der Waals surface area contributed by atoms with E-state index in [-0.39, 0.29) is 0 Å². The van der Waals surface area contributed by atoms with Crippen LogP contribution in [0.2, 0.25) is 0 Å². The summed E-state index contributed by atoms with van der Waals surface area (Å²) in [7, 11) is 1.73. The zero-order chi connectivity index (χ0) is 12.7. The molecule has 1 aromatic rings. The number of methoxy groups -OCH3 is 1. The second kappa shape index (κ2) is 7.45. The Balaban J connectivity index is 2.32. The predicted molar refractivity (Wildman–Crippen MR) is 70.4 cm³/mol. The van der Waals surface area contributed by atoms with Crippen LogP contribution in [0.15, 0.2) is 0 Å². The molecule has 0 fully saturated rings. The second-order valence-corrected chi connectivity index (χ2v) is 4.32. The molecular weight excluding hydrogens is 214 g/mol. The summed E-state index contributed by atoms with van der Waals surface area (Å²) in [5.41, 5.74) is 3.90. The number of ether oxygens (including phenoxy) is 1. The maximum atomic E-state index is 4.98. The van der Waals surface area contributed by atoms with Crippen molar-refractivity contribution in [3.63, 3.8) is 0 Å². The molecule has 0 radical (unpaired) electrons. The van der Waals surface area contributed by atoms with Crippen LogP contribution in [-0.4, -0.2) is 36.6 Å². The van der Waals surface area contributed by atoms with Crippen molar-refractivity contribution in [1.82, 2.24) is 15.1 Å². The molecule has 17 heavy (non-hydrogen) atoms. The molecule has 0 aliphatic heterocycles. The van der Waals surface area contributed by atoms with Crippen LogP contribution in [0.4, 0.5) is 0 Å². The lowest BCUT2D eigenvalue weighted by Gasteiger charge is -2.06. The summed E-state index contributed by atoms with van der Waals surface area (Å²) in [5, 5.41) is 7.92. The molecule has 0 unspecified atom stereocenters. The van der Waals surface area contributed by atoms with Crippen molar-refractivity contribution in [3.8, 4) is 0 Å². The zero-order valence-corrected chi connectivity index (χ0v) is 11.5. The highest BCUT2D eigenvalue weighted by Crippen LogP contribution is 2.13. The maximum absolute atomic E-state index is 4.98. The van der Waals surface area contributed by atoms with E-state index in [2.05, 4.69) is 35.9 Å². The van der Waals surface area contributed by atoms with Crippen LogP contribution in [0.1, 0.15) is 30.3 Å². The lowest BCUT2D eigenvalue weighted by molar-refractivity contribution is 0.199. The van der Waals surface area contributed by atoms with Gasteiger partial charge in [-0.3, -0.25) is 4.68 Å². The monoisotopic (exact) mass is 239 g/mol. The van der Waals surface area contributed by atoms with Gasteiger partial charge in [-0.1, -0.05) is 6.92 Å². The Bertz CT molecular complexity index is 334. The van der Waals surface area contributed by atoms with Crippen LogP contribution >= 0.6 is 0 Å². The Hall–Kier alpha value is -0.870. The summed E-state index contributed by atoms with van der Waals surface area (Å²) in [5.74, 6) is 0. The normalized spacial score (nSPS) is 11.1. The van der Waals surface area contributed by atoms with E-state index in [0.29, 0.717) is 0 Å². The Labute approximate surface area is 104 Å². The van der Waals surface area contributed by atoms with Crippen molar-refractivity contribution in [2.75, 3.05) is 26.8 Å². The fraction of sp³-hybridized carbons (Fsp3) is 0.769. The van der Waals surface area contributed by atoms with Gasteiger partial charge in [0.1, 0.15) is 0 Å². The van der Waals surface area contributed by atoms with Crippen molar-refractivity contribution in [1.29, 1.82) is 0 Å². The number of aryl methyl sites for hydroxylation is 2. The Morgan fingerprint density at radius 2 is 2.06 bits per heavy atom. The van der Waals surface area contributed by atoms with Crippen LogP contribution in [0.3, 0.4) is 0 Å². The molecule has 1 aromatic heterocycles. The summed E-state index contributed by atoms with van der Waals surface area (Å²) in [6.45, 7) is 10.2. The smallest absolute Gasteiger partial charge is 0.0628 e. The molecule has 0 amide bonds. The molecule has 1 N–H and O–H groups in total. The average Bonchev–Trinajstić information content (AvgIpc) is 2.58. The summed E-state index contributed by atoms with van der Waals surface area (Å²) < 4.78 is 7.11. The van der Waals surface area contributed by atoms with Gasteiger partial charge in [0.05, 0.1) is 12.3 Å². The van der Waals surface area contributed by atoms with Gasteiger partial charge in [0.2, 0.25) is 0 Å². The third-order valence-corrected chi connectivity index (χ3v) is 3.09. The number of nitrogens with zero attached hydrogens (tertiary/aromatic N) is 2. The molecular formula is C13H25N3O. The minimum atomic E-state index is 0.778. The lowest BCUT2D eigenvalue weighted by atomic mass is 10.1. The van der Waals surface area contributed by atoms with Gasteiger partial charge in [-0.25, -0.2) is 0 Å². The number of rotatable bonds is 8. The van der Waals surface area contributed by atoms with Gasteiger partial charge in [0.15, 0.2) is 0 Å². The molecule has 98 valence electrons. The average molecular weight is 239 g/mol. The predicted octanol–water partition coefficient (Wildman–Crippen LogP) is 1.69. The number of aromatic nitrogens is 2. The lowest BCUT2D eigenvalue weighted by Crippen LogP contribution is -2.21. The molecule has 4 nitrogen and oxygen atoms in total. The van der Waals surface area contributed by atoms with Crippen LogP contribution < -0.4 is 5.32 Å². The molecule has 1 rings (SSSR count). The summed E-state index contributed by atoms with van der Waals surface area (Å²) in [4.78, 5) is 0. The third-order valence-electron chi connectivity index (χ3n) is 3.09. The molecule has 1 heterocycles. The van der Waals surface area contributed by atoms with E-state index < -0.39 is 0 Å². The van der Waals surface area contributed by atoms with Crippen molar-refractivity contribution >= 4 is 0 Å². The van der Waals surface area contributed by atoms with E-state index >= 15 is 0 Å². The molecule has 0 spiro atoms. The Morgan fingerprint density at radius 1 is 1.29 bits per heavy atom. The van der Waals surface area contributed by atoms with Gasteiger partial charge in [-0.15, -0.1) is 0 Å². The maximum Gasteiger partial charge on any atom is 0.0628 e. The molecule has 0 aliphatic rings. The van der Waals surface area contributed by atoms with Gasteiger partial charge >= 0.3 is 0 Å². The highest BCUT2D eigenvalue weighted by molar-refractivity contribution is 5.24. The molecule has 0 aliphatic carbocycles. The van der Waals surface area contributed by atoms with Crippen LogP contribution in [-0.2, 0) is 17.7 Å².